The number of fused-ring (bicyclic) bond motifs is 1. The molecule has 2 aromatic heterocycles. The Bertz CT molecular complexity index is 1130. The summed E-state index contributed by atoms with van der Waals surface area (Å²) in [6.45, 7) is 4.09. The van der Waals surface area contributed by atoms with E-state index in [1.54, 1.807) is 7.11 Å². The summed E-state index contributed by atoms with van der Waals surface area (Å²) in [6, 6.07) is 20.0. The molecule has 2 aromatic carbocycles. The molecule has 27 heavy (non-hydrogen) atoms. The number of imidazole rings is 1. The first kappa shape index (κ1) is 17.0. The molecule has 2 heterocycles. The van der Waals surface area contributed by atoms with E-state index in [1.165, 1.54) is 5.56 Å². The second-order valence-electron chi connectivity index (χ2n) is 6.45. The van der Waals surface area contributed by atoms with Gasteiger partial charge in [-0.3, -0.25) is 4.40 Å². The van der Waals surface area contributed by atoms with Crippen LogP contribution in [0.15, 0.2) is 77.1 Å². The van der Waals surface area contributed by atoms with Gasteiger partial charge in [-0.05, 0) is 43.7 Å². The van der Waals surface area contributed by atoms with Crippen LogP contribution in [0.2, 0.25) is 0 Å². The normalized spacial score (nSPS) is 11.4. The first-order chi connectivity index (χ1) is 13.2. The van der Waals surface area contributed by atoms with Crippen LogP contribution in [0.4, 0.5) is 11.5 Å². The number of benzene rings is 2. The molecule has 4 aromatic rings. The molecule has 0 amide bonds. The van der Waals surface area contributed by atoms with Crippen LogP contribution in [0.25, 0.3) is 16.9 Å². The van der Waals surface area contributed by atoms with Gasteiger partial charge in [0, 0.05) is 11.8 Å². The largest absolute Gasteiger partial charge is 0.494 e. The van der Waals surface area contributed by atoms with Crippen molar-refractivity contribution in [3.05, 3.63) is 78.0 Å². The number of methoxy groups -OCH3 is 1. The van der Waals surface area contributed by atoms with Crippen LogP contribution in [-0.2, 0) is 0 Å². The SMILES string of the molecule is COc1ccc(C)cc1N=Nc1c(-c2ccc(C)cc2)nc2ccccn12. The highest BCUT2D eigenvalue weighted by atomic mass is 16.5. The summed E-state index contributed by atoms with van der Waals surface area (Å²) in [4.78, 5) is 4.76. The molecule has 0 unspecified atom stereocenters. The van der Waals surface area contributed by atoms with Crippen molar-refractivity contribution in [2.24, 2.45) is 10.2 Å². The zero-order chi connectivity index (χ0) is 18.8. The molecule has 0 bridgehead atoms. The van der Waals surface area contributed by atoms with Crippen LogP contribution in [0.1, 0.15) is 11.1 Å². The Labute approximate surface area is 158 Å². The number of hydrogen-bond acceptors (Lipinski definition) is 4. The van der Waals surface area contributed by atoms with E-state index in [0.717, 1.165) is 22.5 Å². The Morgan fingerprint density at radius 1 is 0.889 bits per heavy atom. The van der Waals surface area contributed by atoms with Gasteiger partial charge in [-0.15, -0.1) is 10.2 Å². The summed E-state index contributed by atoms with van der Waals surface area (Å²) >= 11 is 0. The second-order valence-corrected chi connectivity index (χ2v) is 6.45. The van der Waals surface area contributed by atoms with E-state index in [4.69, 9.17) is 9.72 Å². The molecule has 0 saturated carbocycles. The standard InChI is InChI=1S/C22H20N4O/c1-15-7-10-17(11-8-15)21-22(26-13-5-4-6-20(26)23-21)25-24-18-14-16(2)9-12-19(18)27-3/h4-14H,1-3H3. The van der Waals surface area contributed by atoms with Crippen LogP contribution >= 0.6 is 0 Å². The van der Waals surface area contributed by atoms with Gasteiger partial charge in [0.2, 0.25) is 0 Å². The van der Waals surface area contributed by atoms with E-state index in [0.29, 0.717) is 17.3 Å². The lowest BCUT2D eigenvalue weighted by Crippen LogP contribution is -1.84. The fourth-order valence-corrected chi connectivity index (χ4v) is 2.96. The minimum atomic E-state index is 0.690. The molecule has 0 fully saturated rings. The van der Waals surface area contributed by atoms with Crippen LogP contribution in [0.3, 0.4) is 0 Å². The molecule has 0 aliphatic heterocycles. The lowest BCUT2D eigenvalue weighted by Gasteiger charge is -2.04. The predicted octanol–water partition coefficient (Wildman–Crippen LogP) is 6.04. The first-order valence-electron chi connectivity index (χ1n) is 8.76. The molecular weight excluding hydrogens is 336 g/mol. The third kappa shape index (κ3) is 3.31. The van der Waals surface area contributed by atoms with E-state index in [1.807, 2.05) is 53.9 Å². The van der Waals surface area contributed by atoms with Crippen molar-refractivity contribution in [1.29, 1.82) is 0 Å². The Balaban J connectivity index is 1.87. The molecule has 0 aliphatic rings. The van der Waals surface area contributed by atoms with Crippen molar-refractivity contribution in [3.8, 4) is 17.0 Å². The number of aryl methyl sites for hydroxylation is 2. The maximum Gasteiger partial charge on any atom is 0.187 e. The summed E-state index contributed by atoms with van der Waals surface area (Å²) in [6.07, 6.45) is 1.95. The maximum absolute atomic E-state index is 5.41. The topological polar surface area (TPSA) is 51.2 Å². The minimum Gasteiger partial charge on any atom is -0.494 e. The van der Waals surface area contributed by atoms with Gasteiger partial charge >= 0.3 is 0 Å². The van der Waals surface area contributed by atoms with Crippen molar-refractivity contribution in [1.82, 2.24) is 9.38 Å². The number of ether oxygens (including phenoxy) is 1. The Morgan fingerprint density at radius 2 is 1.67 bits per heavy atom. The van der Waals surface area contributed by atoms with Gasteiger partial charge in [-0.1, -0.05) is 42.0 Å². The molecule has 0 N–H and O–H groups in total. The summed E-state index contributed by atoms with van der Waals surface area (Å²) in [5.41, 5.74) is 5.64. The summed E-state index contributed by atoms with van der Waals surface area (Å²) in [5, 5.41) is 9.03. The molecule has 0 spiro atoms. The monoisotopic (exact) mass is 356 g/mol. The van der Waals surface area contributed by atoms with E-state index >= 15 is 0 Å². The molecule has 5 heteroatoms. The summed E-state index contributed by atoms with van der Waals surface area (Å²) < 4.78 is 7.35. The van der Waals surface area contributed by atoms with Crippen molar-refractivity contribution >= 4 is 17.2 Å². The maximum atomic E-state index is 5.41. The first-order valence-corrected chi connectivity index (χ1v) is 8.76. The third-order valence-electron chi connectivity index (χ3n) is 4.42. The summed E-state index contributed by atoms with van der Waals surface area (Å²) in [5.74, 6) is 1.38. The highest BCUT2D eigenvalue weighted by Gasteiger charge is 2.14. The van der Waals surface area contributed by atoms with E-state index in [-0.39, 0.29) is 0 Å². The van der Waals surface area contributed by atoms with Crippen LogP contribution in [0, 0.1) is 13.8 Å². The van der Waals surface area contributed by atoms with Crippen LogP contribution in [-0.4, -0.2) is 16.5 Å². The fraction of sp³-hybridized carbons (Fsp3) is 0.136. The third-order valence-corrected chi connectivity index (χ3v) is 4.42. The van der Waals surface area contributed by atoms with Crippen molar-refractivity contribution in [3.63, 3.8) is 0 Å². The van der Waals surface area contributed by atoms with Crippen molar-refractivity contribution < 1.29 is 4.74 Å². The molecule has 0 radical (unpaired) electrons. The van der Waals surface area contributed by atoms with Gasteiger partial charge in [0.05, 0.1) is 7.11 Å². The molecule has 4 rings (SSSR count). The number of rotatable bonds is 4. The molecule has 0 aliphatic carbocycles. The van der Waals surface area contributed by atoms with Gasteiger partial charge in [-0.2, -0.15) is 0 Å². The number of pyridine rings is 1. The number of aromatic nitrogens is 2. The van der Waals surface area contributed by atoms with Crippen molar-refractivity contribution in [2.75, 3.05) is 7.11 Å². The highest BCUT2D eigenvalue weighted by Crippen LogP contribution is 2.34. The Hall–Kier alpha value is -3.47. The van der Waals surface area contributed by atoms with Crippen LogP contribution in [0.5, 0.6) is 5.75 Å². The lowest BCUT2D eigenvalue weighted by atomic mass is 10.1. The molecule has 0 saturated heterocycles. The number of hydrogen-bond donors (Lipinski definition) is 0. The zero-order valence-electron chi connectivity index (χ0n) is 15.5. The van der Waals surface area contributed by atoms with Crippen LogP contribution < -0.4 is 4.74 Å². The number of nitrogens with zero attached hydrogens (tertiary/aromatic N) is 4. The van der Waals surface area contributed by atoms with E-state index < -0.39 is 0 Å². The van der Waals surface area contributed by atoms with Gasteiger partial charge in [0.25, 0.3) is 0 Å². The van der Waals surface area contributed by atoms with E-state index in [2.05, 4.69) is 41.4 Å². The van der Waals surface area contributed by atoms with Gasteiger partial charge in [0.1, 0.15) is 22.8 Å². The van der Waals surface area contributed by atoms with Gasteiger partial charge < -0.3 is 4.74 Å². The lowest BCUT2D eigenvalue weighted by molar-refractivity contribution is 0.415. The molecule has 0 atom stereocenters. The number of azo groups is 1. The smallest absolute Gasteiger partial charge is 0.187 e. The molecule has 5 nitrogen and oxygen atoms in total. The molecule has 134 valence electrons. The quantitative estimate of drug-likeness (QED) is 0.418. The molecular formula is C22H20N4O. The second kappa shape index (κ2) is 7.03. The highest BCUT2D eigenvalue weighted by molar-refractivity contribution is 5.74. The predicted molar refractivity (Wildman–Crippen MR) is 107 cm³/mol. The zero-order valence-corrected chi connectivity index (χ0v) is 15.5. The minimum absolute atomic E-state index is 0.690. The average Bonchev–Trinajstić information content (AvgIpc) is 3.05. The average molecular weight is 356 g/mol. The fourth-order valence-electron chi connectivity index (χ4n) is 2.96. The van der Waals surface area contributed by atoms with Crippen molar-refractivity contribution in [2.45, 2.75) is 13.8 Å². The van der Waals surface area contributed by atoms with E-state index in [9.17, 15) is 0 Å². The Morgan fingerprint density at radius 3 is 2.44 bits per heavy atom. The Kier molecular flexibility index (Phi) is 4.42. The van der Waals surface area contributed by atoms with Gasteiger partial charge in [0.15, 0.2) is 5.82 Å². The van der Waals surface area contributed by atoms with Gasteiger partial charge in [-0.25, -0.2) is 4.98 Å². The summed E-state index contributed by atoms with van der Waals surface area (Å²) in [7, 11) is 1.63.